The molecule has 0 aliphatic heterocycles. The molecule has 3 aromatic rings. The summed E-state index contributed by atoms with van der Waals surface area (Å²) in [6.45, 7) is 7.55. The van der Waals surface area contributed by atoms with Gasteiger partial charge in [0.1, 0.15) is 12.6 Å². The van der Waals surface area contributed by atoms with Gasteiger partial charge in [-0.15, -0.1) is 0 Å². The van der Waals surface area contributed by atoms with E-state index in [2.05, 4.69) is 5.32 Å². The molecule has 0 heterocycles. The molecule has 0 fully saturated rings. The van der Waals surface area contributed by atoms with Crippen LogP contribution in [0.3, 0.4) is 0 Å². The largest absolute Gasteiger partial charge is 0.354 e. The van der Waals surface area contributed by atoms with Crippen LogP contribution < -0.4 is 9.62 Å². The highest BCUT2D eigenvalue weighted by Crippen LogP contribution is 2.27. The van der Waals surface area contributed by atoms with E-state index in [1.165, 1.54) is 29.2 Å². The fraction of sp³-hybridized carbons (Fsp3) is 0.333. The number of amides is 2. The average molecular weight is 639 g/mol. The van der Waals surface area contributed by atoms with Crippen molar-refractivity contribution in [3.05, 3.63) is 92.9 Å². The molecule has 1 unspecified atom stereocenters. The van der Waals surface area contributed by atoms with Crippen LogP contribution in [0, 0.1) is 12.8 Å². The average Bonchev–Trinajstić information content (AvgIpc) is 2.93. The Morgan fingerprint density at radius 2 is 1.54 bits per heavy atom. The van der Waals surface area contributed by atoms with E-state index in [9.17, 15) is 18.0 Å². The fourth-order valence-corrected chi connectivity index (χ4v) is 6.01. The minimum Gasteiger partial charge on any atom is -0.354 e. The standard InChI is InChI=1S/C30H34Cl3N3O4S/c1-5-28(30(38)34-17-20(2)3)35(18-22-8-15-26(32)27(33)16-22)29(37)19-36(24-11-6-21(4)7-12-24)41(39,40)25-13-9-23(31)10-14-25/h6-16,20,28H,5,17-19H2,1-4H3,(H,34,38). The molecule has 1 atom stereocenters. The molecular formula is C30H34Cl3N3O4S. The third-order valence-corrected chi connectivity index (χ3v) is 9.19. The highest BCUT2D eigenvalue weighted by molar-refractivity contribution is 7.92. The summed E-state index contributed by atoms with van der Waals surface area (Å²) in [6, 6.07) is 16.7. The summed E-state index contributed by atoms with van der Waals surface area (Å²) in [5, 5.41) is 3.95. The van der Waals surface area contributed by atoms with Gasteiger partial charge in [-0.25, -0.2) is 8.42 Å². The summed E-state index contributed by atoms with van der Waals surface area (Å²) < 4.78 is 28.8. The van der Waals surface area contributed by atoms with Gasteiger partial charge in [-0.1, -0.05) is 79.3 Å². The molecule has 0 spiro atoms. The van der Waals surface area contributed by atoms with E-state index >= 15 is 0 Å². The highest BCUT2D eigenvalue weighted by atomic mass is 35.5. The van der Waals surface area contributed by atoms with Gasteiger partial charge in [0.25, 0.3) is 10.0 Å². The molecule has 0 saturated carbocycles. The molecular weight excluding hydrogens is 605 g/mol. The second-order valence-corrected chi connectivity index (χ2v) is 13.2. The van der Waals surface area contributed by atoms with Crippen LogP contribution in [0.15, 0.2) is 71.6 Å². The smallest absolute Gasteiger partial charge is 0.264 e. The van der Waals surface area contributed by atoms with Gasteiger partial charge in [-0.2, -0.15) is 0 Å². The van der Waals surface area contributed by atoms with Crippen LogP contribution in [0.1, 0.15) is 38.3 Å². The number of carbonyl (C=O) groups excluding carboxylic acids is 2. The molecule has 0 aliphatic carbocycles. The molecule has 0 aromatic heterocycles. The molecule has 11 heteroatoms. The molecule has 0 saturated heterocycles. The van der Waals surface area contributed by atoms with Gasteiger partial charge in [-0.05, 0) is 73.4 Å². The zero-order valence-electron chi connectivity index (χ0n) is 23.4. The third-order valence-electron chi connectivity index (χ3n) is 6.41. The van der Waals surface area contributed by atoms with Crippen LogP contribution in [0.25, 0.3) is 0 Å². The van der Waals surface area contributed by atoms with E-state index in [0.29, 0.717) is 39.3 Å². The van der Waals surface area contributed by atoms with Crippen LogP contribution in [0.2, 0.25) is 15.1 Å². The lowest BCUT2D eigenvalue weighted by Crippen LogP contribution is -2.52. The molecule has 7 nitrogen and oxygen atoms in total. The number of hydrogen-bond donors (Lipinski definition) is 1. The summed E-state index contributed by atoms with van der Waals surface area (Å²) in [5.74, 6) is -0.671. The van der Waals surface area contributed by atoms with Crippen molar-refractivity contribution in [2.45, 2.75) is 51.6 Å². The minimum atomic E-state index is -4.18. The van der Waals surface area contributed by atoms with Gasteiger partial charge in [-0.3, -0.25) is 13.9 Å². The van der Waals surface area contributed by atoms with Gasteiger partial charge in [0.15, 0.2) is 0 Å². The van der Waals surface area contributed by atoms with Crippen LogP contribution in [-0.4, -0.2) is 44.3 Å². The van der Waals surface area contributed by atoms with Crippen LogP contribution >= 0.6 is 34.8 Å². The number of anilines is 1. The first-order valence-corrected chi connectivity index (χ1v) is 15.8. The van der Waals surface area contributed by atoms with Gasteiger partial charge in [0.2, 0.25) is 11.8 Å². The number of nitrogens with zero attached hydrogens (tertiary/aromatic N) is 2. The van der Waals surface area contributed by atoms with Crippen molar-refractivity contribution in [1.29, 1.82) is 0 Å². The fourth-order valence-electron chi connectivity index (χ4n) is 4.15. The Morgan fingerprint density at radius 1 is 0.902 bits per heavy atom. The summed E-state index contributed by atoms with van der Waals surface area (Å²) in [5.41, 5.74) is 1.88. The van der Waals surface area contributed by atoms with E-state index in [1.54, 1.807) is 49.4 Å². The van der Waals surface area contributed by atoms with Crippen LogP contribution in [0.4, 0.5) is 5.69 Å². The lowest BCUT2D eigenvalue weighted by atomic mass is 10.1. The van der Waals surface area contributed by atoms with Gasteiger partial charge >= 0.3 is 0 Å². The third kappa shape index (κ3) is 8.61. The zero-order chi connectivity index (χ0) is 30.3. The lowest BCUT2D eigenvalue weighted by Gasteiger charge is -2.33. The Balaban J connectivity index is 2.05. The molecule has 3 rings (SSSR count). The number of halogens is 3. The van der Waals surface area contributed by atoms with Crippen LogP contribution in [0.5, 0.6) is 0 Å². The van der Waals surface area contributed by atoms with Crippen molar-refractivity contribution in [2.75, 3.05) is 17.4 Å². The van der Waals surface area contributed by atoms with E-state index in [1.807, 2.05) is 20.8 Å². The molecule has 0 aliphatic rings. The minimum absolute atomic E-state index is 0.0199. The van der Waals surface area contributed by atoms with Crippen molar-refractivity contribution in [2.24, 2.45) is 5.92 Å². The Kier molecular flexibility index (Phi) is 11.5. The maximum atomic E-state index is 14.1. The lowest BCUT2D eigenvalue weighted by molar-refractivity contribution is -0.140. The number of rotatable bonds is 12. The summed E-state index contributed by atoms with van der Waals surface area (Å²) in [4.78, 5) is 28.7. The zero-order valence-corrected chi connectivity index (χ0v) is 26.5. The number of benzene rings is 3. The first kappa shape index (κ1) is 32.7. The first-order chi connectivity index (χ1) is 19.3. The number of aryl methyl sites for hydroxylation is 1. The topological polar surface area (TPSA) is 86.8 Å². The predicted octanol–water partition coefficient (Wildman–Crippen LogP) is 6.73. The summed E-state index contributed by atoms with van der Waals surface area (Å²) >= 11 is 18.3. The van der Waals surface area contributed by atoms with E-state index < -0.39 is 28.5 Å². The summed E-state index contributed by atoms with van der Waals surface area (Å²) in [7, 11) is -4.18. The molecule has 41 heavy (non-hydrogen) atoms. The van der Waals surface area contributed by atoms with E-state index in [-0.39, 0.29) is 23.3 Å². The molecule has 0 bridgehead atoms. The van der Waals surface area contributed by atoms with Crippen molar-refractivity contribution in [1.82, 2.24) is 10.2 Å². The van der Waals surface area contributed by atoms with E-state index in [0.717, 1.165) is 9.87 Å². The molecule has 0 radical (unpaired) electrons. The molecule has 1 N–H and O–H groups in total. The normalized spacial score (nSPS) is 12.2. The maximum Gasteiger partial charge on any atom is 0.264 e. The number of nitrogens with one attached hydrogen (secondary N) is 1. The SMILES string of the molecule is CCC(C(=O)NCC(C)C)N(Cc1ccc(Cl)c(Cl)c1)C(=O)CN(c1ccc(C)cc1)S(=O)(=O)c1ccc(Cl)cc1. The van der Waals surface area contributed by atoms with Crippen molar-refractivity contribution in [3.8, 4) is 0 Å². The maximum absolute atomic E-state index is 14.1. The van der Waals surface area contributed by atoms with Gasteiger partial charge in [0, 0.05) is 18.1 Å². The quantitative estimate of drug-likeness (QED) is 0.238. The Morgan fingerprint density at radius 3 is 2.10 bits per heavy atom. The van der Waals surface area contributed by atoms with Crippen molar-refractivity contribution >= 4 is 62.3 Å². The number of carbonyl (C=O) groups is 2. The second kappa shape index (κ2) is 14.4. The molecule has 3 aromatic carbocycles. The Hall–Kier alpha value is -2.78. The van der Waals surface area contributed by atoms with Crippen LogP contribution in [-0.2, 0) is 26.2 Å². The van der Waals surface area contributed by atoms with Gasteiger partial charge in [0.05, 0.1) is 20.6 Å². The predicted molar refractivity (Wildman–Crippen MR) is 166 cm³/mol. The Bertz CT molecular complexity index is 1460. The van der Waals surface area contributed by atoms with E-state index in [4.69, 9.17) is 34.8 Å². The van der Waals surface area contributed by atoms with Crippen molar-refractivity contribution < 1.29 is 18.0 Å². The highest BCUT2D eigenvalue weighted by Gasteiger charge is 2.33. The second-order valence-electron chi connectivity index (χ2n) is 10.1. The van der Waals surface area contributed by atoms with Crippen molar-refractivity contribution in [3.63, 3.8) is 0 Å². The first-order valence-electron chi connectivity index (χ1n) is 13.2. The Labute approximate surface area is 257 Å². The summed E-state index contributed by atoms with van der Waals surface area (Å²) in [6.07, 6.45) is 0.311. The van der Waals surface area contributed by atoms with Gasteiger partial charge < -0.3 is 10.2 Å². The molecule has 220 valence electrons. The monoisotopic (exact) mass is 637 g/mol. The molecule has 2 amide bonds. The number of sulfonamides is 1. The number of hydrogen-bond acceptors (Lipinski definition) is 4.